The van der Waals surface area contributed by atoms with Gasteiger partial charge in [0.15, 0.2) is 0 Å². The Balaban J connectivity index is 0.00000225. The molecule has 138 valence electrons. The SMILES string of the molecule is CC(C)c1ccc(N2CCC(C(=O)N[C@H]3CCCNC3)C2=O)cc1.Cl. The lowest BCUT2D eigenvalue weighted by molar-refractivity contribution is -0.132. The monoisotopic (exact) mass is 365 g/mol. The molecule has 2 N–H and O–H groups in total. The number of nitrogens with one attached hydrogen (secondary N) is 2. The molecule has 1 aromatic carbocycles. The lowest BCUT2D eigenvalue weighted by atomic mass is 10.0. The molecule has 0 spiro atoms. The van der Waals surface area contributed by atoms with Gasteiger partial charge in [-0.25, -0.2) is 0 Å². The molecule has 5 nitrogen and oxygen atoms in total. The third kappa shape index (κ3) is 4.53. The summed E-state index contributed by atoms with van der Waals surface area (Å²) in [5.74, 6) is -0.267. The summed E-state index contributed by atoms with van der Waals surface area (Å²) in [4.78, 5) is 26.9. The number of hydrogen-bond acceptors (Lipinski definition) is 3. The topological polar surface area (TPSA) is 61.4 Å². The van der Waals surface area contributed by atoms with Crippen molar-refractivity contribution in [3.63, 3.8) is 0 Å². The van der Waals surface area contributed by atoms with Gasteiger partial charge in [0.25, 0.3) is 0 Å². The number of benzene rings is 1. The van der Waals surface area contributed by atoms with E-state index < -0.39 is 5.92 Å². The highest BCUT2D eigenvalue weighted by atomic mass is 35.5. The highest BCUT2D eigenvalue weighted by Crippen LogP contribution is 2.27. The predicted octanol–water partition coefficient (Wildman–Crippen LogP) is 2.45. The maximum Gasteiger partial charge on any atom is 0.239 e. The third-order valence-corrected chi connectivity index (χ3v) is 5.04. The molecule has 1 unspecified atom stereocenters. The molecule has 0 saturated carbocycles. The average Bonchev–Trinajstić information content (AvgIpc) is 2.97. The minimum absolute atomic E-state index is 0. The Hall–Kier alpha value is -1.59. The van der Waals surface area contributed by atoms with Gasteiger partial charge in [-0.2, -0.15) is 0 Å². The van der Waals surface area contributed by atoms with Crippen LogP contribution in [0.15, 0.2) is 24.3 Å². The Morgan fingerprint density at radius 2 is 1.96 bits per heavy atom. The van der Waals surface area contributed by atoms with Gasteiger partial charge in [-0.1, -0.05) is 26.0 Å². The molecule has 0 aromatic heterocycles. The molecule has 2 amide bonds. The quantitative estimate of drug-likeness (QED) is 0.806. The first-order valence-electron chi connectivity index (χ1n) is 8.98. The number of amides is 2. The van der Waals surface area contributed by atoms with Crippen LogP contribution in [0.25, 0.3) is 0 Å². The van der Waals surface area contributed by atoms with Crippen molar-refractivity contribution in [3.05, 3.63) is 29.8 Å². The summed E-state index contributed by atoms with van der Waals surface area (Å²) in [6.45, 7) is 6.72. The van der Waals surface area contributed by atoms with Crippen molar-refractivity contribution in [2.24, 2.45) is 5.92 Å². The first-order chi connectivity index (χ1) is 11.6. The maximum atomic E-state index is 12.7. The van der Waals surface area contributed by atoms with Crippen LogP contribution < -0.4 is 15.5 Å². The summed E-state index contributed by atoms with van der Waals surface area (Å²) in [6.07, 6.45) is 2.65. The molecular weight excluding hydrogens is 338 g/mol. The van der Waals surface area contributed by atoms with E-state index in [0.29, 0.717) is 18.9 Å². The van der Waals surface area contributed by atoms with Crippen LogP contribution in [0.5, 0.6) is 0 Å². The van der Waals surface area contributed by atoms with Crippen LogP contribution in [0.3, 0.4) is 0 Å². The van der Waals surface area contributed by atoms with E-state index in [1.165, 1.54) is 5.56 Å². The number of rotatable bonds is 4. The molecule has 0 bridgehead atoms. The van der Waals surface area contributed by atoms with Gasteiger partial charge in [0.05, 0.1) is 0 Å². The standard InChI is InChI=1S/C19H27N3O2.ClH/c1-13(2)14-5-7-16(8-6-14)22-11-9-17(19(22)24)18(23)21-15-4-3-10-20-12-15;/h5-8,13,15,17,20H,3-4,9-12H2,1-2H3,(H,21,23);1H/t15-,17?;/m0./s1. The molecule has 0 radical (unpaired) electrons. The molecule has 3 rings (SSSR count). The fraction of sp³-hybridized carbons (Fsp3) is 0.579. The van der Waals surface area contributed by atoms with Crippen molar-refractivity contribution in [2.45, 2.75) is 45.1 Å². The minimum atomic E-state index is -0.545. The molecule has 2 saturated heterocycles. The van der Waals surface area contributed by atoms with E-state index in [-0.39, 0.29) is 30.3 Å². The van der Waals surface area contributed by atoms with Crippen molar-refractivity contribution in [3.8, 4) is 0 Å². The molecular formula is C19H28ClN3O2. The molecule has 2 atom stereocenters. The van der Waals surface area contributed by atoms with E-state index in [0.717, 1.165) is 31.6 Å². The van der Waals surface area contributed by atoms with Crippen molar-refractivity contribution < 1.29 is 9.59 Å². The smallest absolute Gasteiger partial charge is 0.239 e. The van der Waals surface area contributed by atoms with E-state index in [1.807, 2.05) is 12.1 Å². The van der Waals surface area contributed by atoms with Crippen molar-refractivity contribution in [2.75, 3.05) is 24.5 Å². The molecule has 25 heavy (non-hydrogen) atoms. The molecule has 2 fully saturated rings. The Kier molecular flexibility index (Phi) is 6.85. The van der Waals surface area contributed by atoms with Gasteiger partial charge >= 0.3 is 0 Å². The van der Waals surface area contributed by atoms with E-state index in [9.17, 15) is 9.59 Å². The maximum absolute atomic E-state index is 12.7. The number of hydrogen-bond donors (Lipinski definition) is 2. The Morgan fingerprint density at radius 3 is 2.56 bits per heavy atom. The molecule has 2 aliphatic rings. The summed E-state index contributed by atoms with van der Waals surface area (Å²) in [5, 5.41) is 6.32. The Labute approximate surface area is 155 Å². The zero-order chi connectivity index (χ0) is 17.1. The predicted molar refractivity (Wildman–Crippen MR) is 102 cm³/mol. The van der Waals surface area contributed by atoms with E-state index in [1.54, 1.807) is 4.90 Å². The molecule has 1 aromatic rings. The van der Waals surface area contributed by atoms with E-state index in [2.05, 4.69) is 36.6 Å². The van der Waals surface area contributed by atoms with Crippen molar-refractivity contribution in [1.82, 2.24) is 10.6 Å². The number of nitrogens with zero attached hydrogens (tertiary/aromatic N) is 1. The number of carbonyl (C=O) groups excluding carboxylic acids is 2. The summed E-state index contributed by atoms with van der Waals surface area (Å²) >= 11 is 0. The second-order valence-electron chi connectivity index (χ2n) is 7.13. The van der Waals surface area contributed by atoms with Gasteiger partial charge in [0.2, 0.25) is 11.8 Å². The van der Waals surface area contributed by atoms with Crippen LogP contribution in [0, 0.1) is 5.92 Å². The van der Waals surface area contributed by atoms with Gasteiger partial charge in [-0.3, -0.25) is 9.59 Å². The van der Waals surface area contributed by atoms with Gasteiger partial charge in [-0.05, 0) is 49.4 Å². The number of halogens is 1. The van der Waals surface area contributed by atoms with Crippen molar-refractivity contribution >= 4 is 29.9 Å². The lowest BCUT2D eigenvalue weighted by Crippen LogP contribution is -2.48. The van der Waals surface area contributed by atoms with E-state index >= 15 is 0 Å². The van der Waals surface area contributed by atoms with Crippen LogP contribution in [0.2, 0.25) is 0 Å². The summed E-state index contributed by atoms with van der Waals surface area (Å²) in [6, 6.07) is 8.25. The molecule has 2 heterocycles. The van der Waals surface area contributed by atoms with Gasteiger partial charge in [0, 0.05) is 24.8 Å². The normalized spacial score (nSPS) is 23.5. The minimum Gasteiger partial charge on any atom is -0.351 e. The first kappa shape index (κ1) is 19.7. The van der Waals surface area contributed by atoms with Crippen LogP contribution in [0.1, 0.15) is 44.6 Å². The fourth-order valence-electron chi connectivity index (χ4n) is 3.50. The third-order valence-electron chi connectivity index (χ3n) is 5.04. The summed E-state index contributed by atoms with van der Waals surface area (Å²) in [5.41, 5.74) is 2.14. The fourth-order valence-corrected chi connectivity index (χ4v) is 3.50. The highest BCUT2D eigenvalue weighted by molar-refractivity contribution is 6.09. The number of piperidine rings is 1. The zero-order valence-corrected chi connectivity index (χ0v) is 15.8. The highest BCUT2D eigenvalue weighted by Gasteiger charge is 2.38. The largest absolute Gasteiger partial charge is 0.351 e. The van der Waals surface area contributed by atoms with Gasteiger partial charge < -0.3 is 15.5 Å². The zero-order valence-electron chi connectivity index (χ0n) is 15.0. The molecule has 0 aliphatic carbocycles. The lowest BCUT2D eigenvalue weighted by Gasteiger charge is -2.25. The van der Waals surface area contributed by atoms with Crippen LogP contribution in [0.4, 0.5) is 5.69 Å². The van der Waals surface area contributed by atoms with Crippen LogP contribution >= 0.6 is 12.4 Å². The average molecular weight is 366 g/mol. The Morgan fingerprint density at radius 1 is 1.24 bits per heavy atom. The van der Waals surface area contributed by atoms with Crippen molar-refractivity contribution in [1.29, 1.82) is 0 Å². The summed E-state index contributed by atoms with van der Waals surface area (Å²) < 4.78 is 0. The van der Waals surface area contributed by atoms with Gasteiger partial charge in [-0.15, -0.1) is 12.4 Å². The first-order valence-corrected chi connectivity index (χ1v) is 8.98. The molecule has 2 aliphatic heterocycles. The Bertz CT molecular complexity index is 597. The number of carbonyl (C=O) groups is 2. The summed E-state index contributed by atoms with van der Waals surface area (Å²) in [7, 11) is 0. The molecule has 6 heteroatoms. The van der Waals surface area contributed by atoms with Gasteiger partial charge in [0.1, 0.15) is 5.92 Å². The van der Waals surface area contributed by atoms with Crippen LogP contribution in [-0.4, -0.2) is 37.5 Å². The van der Waals surface area contributed by atoms with E-state index in [4.69, 9.17) is 0 Å². The second kappa shape index (κ2) is 8.68. The van der Waals surface area contributed by atoms with Crippen LogP contribution in [-0.2, 0) is 9.59 Å². The number of anilines is 1. The second-order valence-corrected chi connectivity index (χ2v) is 7.13.